The van der Waals surface area contributed by atoms with Gasteiger partial charge in [0.15, 0.2) is 0 Å². The molecule has 1 aromatic heterocycles. The number of nitrogens with one attached hydrogen (secondary N) is 1. The molecule has 0 saturated heterocycles. The third-order valence-electron chi connectivity index (χ3n) is 1.78. The minimum atomic E-state index is -0.778. The van der Waals surface area contributed by atoms with Crippen molar-refractivity contribution in [2.45, 2.75) is 19.9 Å². The number of aliphatic carboxylic acids is 1. The number of pyridine rings is 1. The smallest absolute Gasteiger partial charge is 0.304 e. The Balaban J connectivity index is 2.28. The van der Waals surface area contributed by atoms with Crippen LogP contribution in [0.5, 0.6) is 0 Å². The van der Waals surface area contributed by atoms with Crippen LogP contribution in [0.25, 0.3) is 0 Å². The minimum Gasteiger partial charge on any atom is -0.481 e. The second-order valence-electron chi connectivity index (χ2n) is 3.19. The van der Waals surface area contributed by atoms with E-state index in [1.54, 1.807) is 12.4 Å². The third-order valence-corrected chi connectivity index (χ3v) is 1.78. The van der Waals surface area contributed by atoms with Crippen molar-refractivity contribution in [2.75, 3.05) is 6.54 Å². The number of aromatic nitrogens is 1. The Hall–Kier alpha value is -1.42. The van der Waals surface area contributed by atoms with Crippen molar-refractivity contribution in [3.05, 3.63) is 29.6 Å². The minimum absolute atomic E-state index is 0.152. The average Bonchev–Trinajstić information content (AvgIpc) is 2.12. The highest BCUT2D eigenvalue weighted by molar-refractivity contribution is 5.66. The van der Waals surface area contributed by atoms with Crippen molar-refractivity contribution in [3.8, 4) is 0 Å². The molecule has 0 spiro atoms. The van der Waals surface area contributed by atoms with Crippen LogP contribution in [0.1, 0.15) is 17.5 Å². The molecule has 0 aliphatic carbocycles. The fraction of sp³-hybridized carbons (Fsp3) is 0.400. The molecular formula is C10H14N2O2. The van der Waals surface area contributed by atoms with E-state index in [0.29, 0.717) is 13.1 Å². The molecule has 76 valence electrons. The molecule has 0 bridgehead atoms. The van der Waals surface area contributed by atoms with Gasteiger partial charge in [0.05, 0.1) is 6.42 Å². The highest BCUT2D eigenvalue weighted by Gasteiger charge is 1.96. The summed E-state index contributed by atoms with van der Waals surface area (Å²) in [5.41, 5.74) is 2.19. The summed E-state index contributed by atoms with van der Waals surface area (Å²) in [7, 11) is 0. The summed E-state index contributed by atoms with van der Waals surface area (Å²) < 4.78 is 0. The van der Waals surface area contributed by atoms with Gasteiger partial charge in [0.1, 0.15) is 0 Å². The predicted octanol–water partition coefficient (Wildman–Crippen LogP) is 0.954. The van der Waals surface area contributed by atoms with Crippen molar-refractivity contribution < 1.29 is 9.90 Å². The van der Waals surface area contributed by atoms with Gasteiger partial charge in [-0.2, -0.15) is 0 Å². The first kappa shape index (κ1) is 10.7. The Morgan fingerprint density at radius 1 is 1.57 bits per heavy atom. The normalized spacial score (nSPS) is 10.1. The first-order valence-electron chi connectivity index (χ1n) is 4.51. The van der Waals surface area contributed by atoms with E-state index in [9.17, 15) is 4.79 Å². The van der Waals surface area contributed by atoms with Gasteiger partial charge in [-0.3, -0.25) is 9.78 Å². The first-order chi connectivity index (χ1) is 6.68. The molecule has 0 amide bonds. The zero-order chi connectivity index (χ0) is 10.4. The van der Waals surface area contributed by atoms with Crippen molar-refractivity contribution >= 4 is 5.97 Å². The Labute approximate surface area is 83.0 Å². The van der Waals surface area contributed by atoms with Crippen molar-refractivity contribution in [1.82, 2.24) is 10.3 Å². The van der Waals surface area contributed by atoms with Gasteiger partial charge in [-0.05, 0) is 18.1 Å². The number of rotatable bonds is 5. The average molecular weight is 194 g/mol. The van der Waals surface area contributed by atoms with E-state index in [2.05, 4.69) is 10.3 Å². The molecule has 1 aromatic rings. The zero-order valence-corrected chi connectivity index (χ0v) is 8.16. The Bertz CT molecular complexity index is 313. The maximum atomic E-state index is 10.2. The largest absolute Gasteiger partial charge is 0.481 e. The monoisotopic (exact) mass is 194 g/mol. The summed E-state index contributed by atoms with van der Waals surface area (Å²) in [5, 5.41) is 11.4. The van der Waals surface area contributed by atoms with Crippen LogP contribution in [0.3, 0.4) is 0 Å². The number of carbonyl (C=O) groups is 1. The Morgan fingerprint density at radius 2 is 2.36 bits per heavy atom. The van der Waals surface area contributed by atoms with Crippen molar-refractivity contribution in [1.29, 1.82) is 0 Å². The molecule has 0 aromatic carbocycles. The molecule has 0 aliphatic rings. The molecule has 0 aliphatic heterocycles. The molecule has 0 saturated carbocycles. The first-order valence-corrected chi connectivity index (χ1v) is 4.51. The lowest BCUT2D eigenvalue weighted by Crippen LogP contribution is -2.17. The number of hydrogen-bond acceptors (Lipinski definition) is 3. The van der Waals surface area contributed by atoms with Crippen LogP contribution in [-0.2, 0) is 11.3 Å². The highest BCUT2D eigenvalue weighted by atomic mass is 16.4. The van der Waals surface area contributed by atoms with Crippen LogP contribution < -0.4 is 5.32 Å². The summed E-state index contributed by atoms with van der Waals surface area (Å²) in [5.74, 6) is -0.778. The van der Waals surface area contributed by atoms with E-state index in [0.717, 1.165) is 11.1 Å². The zero-order valence-electron chi connectivity index (χ0n) is 8.16. The van der Waals surface area contributed by atoms with Crippen molar-refractivity contribution in [2.24, 2.45) is 0 Å². The van der Waals surface area contributed by atoms with E-state index < -0.39 is 5.97 Å². The van der Waals surface area contributed by atoms with Crippen LogP contribution in [0.2, 0.25) is 0 Å². The van der Waals surface area contributed by atoms with E-state index >= 15 is 0 Å². The predicted molar refractivity (Wildman–Crippen MR) is 52.9 cm³/mol. The summed E-state index contributed by atoms with van der Waals surface area (Å²) in [6.07, 6.45) is 3.72. The lowest BCUT2D eigenvalue weighted by atomic mass is 10.2. The maximum absolute atomic E-state index is 10.2. The molecule has 0 fully saturated rings. The number of aryl methyl sites for hydroxylation is 1. The standard InChI is InChI=1S/C10H14N2O2/c1-8-4-9(7-12-5-8)6-11-3-2-10(13)14/h4-5,7,11H,2-3,6H2,1H3,(H,13,14). The molecule has 1 heterocycles. The van der Waals surface area contributed by atoms with E-state index in [1.807, 2.05) is 13.0 Å². The second kappa shape index (κ2) is 5.34. The molecule has 0 unspecified atom stereocenters. The molecule has 4 heteroatoms. The molecule has 4 nitrogen and oxygen atoms in total. The van der Waals surface area contributed by atoms with Gasteiger partial charge in [0.25, 0.3) is 0 Å². The van der Waals surface area contributed by atoms with E-state index in [1.165, 1.54) is 0 Å². The van der Waals surface area contributed by atoms with E-state index in [-0.39, 0.29) is 6.42 Å². The summed E-state index contributed by atoms with van der Waals surface area (Å²) >= 11 is 0. The lowest BCUT2D eigenvalue weighted by molar-refractivity contribution is -0.136. The maximum Gasteiger partial charge on any atom is 0.304 e. The highest BCUT2D eigenvalue weighted by Crippen LogP contribution is 2.00. The SMILES string of the molecule is Cc1cncc(CNCCC(=O)O)c1. The number of carboxylic acids is 1. The van der Waals surface area contributed by atoms with Crippen LogP contribution in [0.4, 0.5) is 0 Å². The van der Waals surface area contributed by atoms with Gasteiger partial charge in [-0.1, -0.05) is 6.07 Å². The van der Waals surface area contributed by atoms with Gasteiger partial charge in [0.2, 0.25) is 0 Å². The molecule has 2 N–H and O–H groups in total. The molecular weight excluding hydrogens is 180 g/mol. The van der Waals surface area contributed by atoms with Gasteiger partial charge >= 0.3 is 5.97 Å². The topological polar surface area (TPSA) is 62.2 Å². The van der Waals surface area contributed by atoms with Gasteiger partial charge in [-0.15, -0.1) is 0 Å². The van der Waals surface area contributed by atoms with Gasteiger partial charge in [0, 0.05) is 25.5 Å². The fourth-order valence-electron chi connectivity index (χ4n) is 1.14. The number of carboxylic acid groups (broad SMARTS) is 1. The molecule has 1 rings (SSSR count). The second-order valence-corrected chi connectivity index (χ2v) is 3.19. The molecule has 0 atom stereocenters. The quantitative estimate of drug-likeness (QED) is 0.685. The van der Waals surface area contributed by atoms with Crippen LogP contribution in [-0.4, -0.2) is 22.6 Å². The van der Waals surface area contributed by atoms with Crippen LogP contribution >= 0.6 is 0 Å². The van der Waals surface area contributed by atoms with Gasteiger partial charge in [-0.25, -0.2) is 0 Å². The molecule has 14 heavy (non-hydrogen) atoms. The summed E-state index contributed by atoms with van der Waals surface area (Å²) in [6, 6.07) is 2.03. The fourth-order valence-corrected chi connectivity index (χ4v) is 1.14. The summed E-state index contributed by atoms with van der Waals surface area (Å²) in [4.78, 5) is 14.3. The van der Waals surface area contributed by atoms with Crippen LogP contribution in [0.15, 0.2) is 18.5 Å². The van der Waals surface area contributed by atoms with Crippen LogP contribution in [0, 0.1) is 6.92 Å². The Morgan fingerprint density at radius 3 is 3.00 bits per heavy atom. The third kappa shape index (κ3) is 4.00. The van der Waals surface area contributed by atoms with E-state index in [4.69, 9.17) is 5.11 Å². The summed E-state index contributed by atoms with van der Waals surface area (Å²) in [6.45, 7) is 3.14. The Kier molecular flexibility index (Phi) is 4.07. The molecule has 0 radical (unpaired) electrons. The lowest BCUT2D eigenvalue weighted by Gasteiger charge is -2.03. The number of hydrogen-bond donors (Lipinski definition) is 2. The number of nitrogens with zero attached hydrogens (tertiary/aromatic N) is 1. The van der Waals surface area contributed by atoms with Crippen molar-refractivity contribution in [3.63, 3.8) is 0 Å². The van der Waals surface area contributed by atoms with Gasteiger partial charge < -0.3 is 10.4 Å².